The fraction of sp³-hybridized carbons (Fsp3) is 0.100. The van der Waals surface area contributed by atoms with E-state index in [9.17, 15) is 0 Å². The lowest BCUT2D eigenvalue weighted by Crippen LogP contribution is -2.52. The van der Waals surface area contributed by atoms with Crippen LogP contribution < -0.4 is 9.64 Å². The van der Waals surface area contributed by atoms with E-state index in [0.717, 1.165) is 51.1 Å². The summed E-state index contributed by atoms with van der Waals surface area (Å²) in [7, 11) is 0. The first kappa shape index (κ1) is 30.2. The number of hydrogen-bond acceptors (Lipinski definition) is 3. The molecule has 0 unspecified atom stereocenters. The Hall–Kier alpha value is -6.45. The lowest BCUT2D eigenvalue weighted by Gasteiger charge is -2.56. The predicted octanol–water partition coefficient (Wildman–Crippen LogP) is 11.7. The third-order valence-corrected chi connectivity index (χ3v) is 12.0. The van der Waals surface area contributed by atoms with Gasteiger partial charge in [-0.1, -0.05) is 133 Å². The molecule has 3 aliphatic rings. The number of hydrogen-bond donors (Lipinski definition) is 0. The molecule has 0 amide bonds. The third kappa shape index (κ3) is 3.91. The van der Waals surface area contributed by atoms with Gasteiger partial charge in [-0.05, 0) is 94.9 Å². The molecular weight excluding hydrogens is 645 g/mol. The topological polar surface area (TPSA) is 25.4 Å². The Balaban J connectivity index is 1.37. The summed E-state index contributed by atoms with van der Waals surface area (Å²) in [6.07, 6.45) is 5.01. The second-order valence-corrected chi connectivity index (χ2v) is 14.8. The number of ether oxygens (including phenoxy) is 1. The quantitative estimate of drug-likeness (QED) is 0.182. The summed E-state index contributed by atoms with van der Waals surface area (Å²) in [5.41, 5.74) is 14.6. The number of benzene rings is 7. The molecule has 3 heterocycles. The van der Waals surface area contributed by atoms with E-state index >= 15 is 0 Å². The highest BCUT2D eigenvalue weighted by Crippen LogP contribution is 2.65. The minimum absolute atomic E-state index is 0.541. The average molecular weight is 681 g/mol. The zero-order valence-electron chi connectivity index (χ0n) is 29.7. The van der Waals surface area contributed by atoms with Crippen molar-refractivity contribution < 1.29 is 4.74 Å². The van der Waals surface area contributed by atoms with Crippen LogP contribution in [0.1, 0.15) is 61.2 Å². The molecular formula is C50H36N2O. The minimum atomic E-state index is -0.874. The molecule has 252 valence electrons. The van der Waals surface area contributed by atoms with Gasteiger partial charge in [0.1, 0.15) is 17.0 Å². The summed E-state index contributed by atoms with van der Waals surface area (Å²) in [5, 5.41) is 2.28. The van der Waals surface area contributed by atoms with Crippen molar-refractivity contribution in [3.63, 3.8) is 0 Å². The van der Waals surface area contributed by atoms with Crippen molar-refractivity contribution in [2.75, 3.05) is 4.90 Å². The van der Waals surface area contributed by atoms with Gasteiger partial charge in [-0.25, -0.2) is 0 Å². The zero-order chi connectivity index (χ0) is 35.3. The number of rotatable bonds is 2. The molecule has 0 saturated carbocycles. The van der Waals surface area contributed by atoms with Crippen molar-refractivity contribution in [2.24, 2.45) is 0 Å². The first-order valence-corrected chi connectivity index (χ1v) is 18.5. The number of anilines is 2. The average Bonchev–Trinajstić information content (AvgIpc) is 3.20. The highest BCUT2D eigenvalue weighted by molar-refractivity contribution is 5.94. The van der Waals surface area contributed by atoms with Gasteiger partial charge in [0.25, 0.3) is 0 Å². The normalized spacial score (nSPS) is 15.3. The van der Waals surface area contributed by atoms with Crippen molar-refractivity contribution in [1.29, 1.82) is 0 Å². The van der Waals surface area contributed by atoms with E-state index in [-0.39, 0.29) is 0 Å². The molecule has 3 nitrogen and oxygen atoms in total. The standard InChI is InChI=1S/C50H36N2O/c1-32-23-25-37-36(27-32)30-51-31-44(37)50(42-18-8-11-21-47(42)53-48-22-12-9-19-43(48)50)52-45-20-10-7-17-40(45)49(41-26-24-33(2)28-46(41)52)38-15-5-3-13-34(38)29-35-14-4-6-16-39(35)49/h3-28,30-31H,29H2,1-2H3. The molecule has 7 aromatic carbocycles. The summed E-state index contributed by atoms with van der Waals surface area (Å²) in [6, 6.07) is 58.4. The number of aryl methyl sites for hydroxylation is 2. The van der Waals surface area contributed by atoms with Gasteiger partial charge in [0.05, 0.1) is 5.41 Å². The summed E-state index contributed by atoms with van der Waals surface area (Å²) in [6.45, 7) is 4.37. The Kier molecular flexibility index (Phi) is 6.28. The van der Waals surface area contributed by atoms with Crippen LogP contribution in [-0.2, 0) is 17.4 Å². The molecule has 8 aromatic rings. The monoisotopic (exact) mass is 680 g/mol. The number of aromatic nitrogens is 1. The van der Waals surface area contributed by atoms with Gasteiger partial charge in [-0.2, -0.15) is 0 Å². The van der Waals surface area contributed by atoms with Crippen LogP contribution in [0.3, 0.4) is 0 Å². The number of fused-ring (bicyclic) bond motifs is 11. The number of pyridine rings is 1. The van der Waals surface area contributed by atoms with Gasteiger partial charge in [-0.3, -0.25) is 4.98 Å². The Labute approximate surface area is 309 Å². The van der Waals surface area contributed by atoms with Gasteiger partial charge in [-0.15, -0.1) is 0 Å². The van der Waals surface area contributed by atoms with E-state index in [2.05, 4.69) is 183 Å². The van der Waals surface area contributed by atoms with Crippen LogP contribution in [0.2, 0.25) is 0 Å². The van der Waals surface area contributed by atoms with Crippen molar-refractivity contribution in [1.82, 2.24) is 4.98 Å². The van der Waals surface area contributed by atoms with Gasteiger partial charge in [0.15, 0.2) is 0 Å². The van der Waals surface area contributed by atoms with Crippen LogP contribution in [0, 0.1) is 13.8 Å². The van der Waals surface area contributed by atoms with Crippen molar-refractivity contribution >= 4 is 22.1 Å². The lowest BCUT2D eigenvalue weighted by atomic mass is 9.57. The molecule has 1 aliphatic carbocycles. The molecule has 11 rings (SSSR count). The minimum Gasteiger partial charge on any atom is -0.457 e. The van der Waals surface area contributed by atoms with Crippen LogP contribution in [0.5, 0.6) is 11.5 Å². The summed E-state index contributed by atoms with van der Waals surface area (Å²) >= 11 is 0. The maximum Gasteiger partial charge on any atom is 0.133 e. The maximum atomic E-state index is 6.83. The third-order valence-electron chi connectivity index (χ3n) is 12.0. The maximum absolute atomic E-state index is 6.83. The molecule has 0 saturated heterocycles. The van der Waals surface area contributed by atoms with E-state index in [1.54, 1.807) is 0 Å². The molecule has 2 aliphatic heterocycles. The second-order valence-electron chi connectivity index (χ2n) is 14.8. The summed E-state index contributed by atoms with van der Waals surface area (Å²) in [4.78, 5) is 7.66. The molecule has 3 heteroatoms. The van der Waals surface area contributed by atoms with E-state index < -0.39 is 11.0 Å². The van der Waals surface area contributed by atoms with Crippen LogP contribution in [-0.4, -0.2) is 4.98 Å². The molecule has 0 radical (unpaired) electrons. The molecule has 53 heavy (non-hydrogen) atoms. The first-order chi connectivity index (χ1) is 26.1. The van der Waals surface area contributed by atoms with E-state index in [4.69, 9.17) is 9.72 Å². The molecule has 0 N–H and O–H groups in total. The molecule has 0 bridgehead atoms. The summed E-state index contributed by atoms with van der Waals surface area (Å²) < 4.78 is 6.83. The van der Waals surface area contributed by atoms with E-state index in [0.29, 0.717) is 0 Å². The SMILES string of the molecule is Cc1ccc2c(c1)N(C1(c3cncc4cc(C)ccc34)c3ccccc3Oc3ccccc31)c1ccccc1C21c2ccccc2Cc2ccccc21. The van der Waals surface area contributed by atoms with Crippen molar-refractivity contribution in [2.45, 2.75) is 31.2 Å². The highest BCUT2D eigenvalue weighted by atomic mass is 16.5. The van der Waals surface area contributed by atoms with Gasteiger partial charge in [0.2, 0.25) is 0 Å². The van der Waals surface area contributed by atoms with Crippen LogP contribution in [0.25, 0.3) is 10.8 Å². The van der Waals surface area contributed by atoms with Crippen molar-refractivity contribution in [3.05, 3.63) is 231 Å². The fourth-order valence-electron chi connectivity index (χ4n) is 9.99. The molecule has 0 atom stereocenters. The Morgan fingerprint density at radius 1 is 0.491 bits per heavy atom. The molecule has 1 aromatic heterocycles. The molecule has 1 spiro atoms. The van der Waals surface area contributed by atoms with Gasteiger partial charge < -0.3 is 9.64 Å². The smallest absolute Gasteiger partial charge is 0.133 e. The first-order valence-electron chi connectivity index (χ1n) is 18.5. The Morgan fingerprint density at radius 3 is 1.74 bits per heavy atom. The largest absolute Gasteiger partial charge is 0.457 e. The van der Waals surface area contributed by atoms with Gasteiger partial charge in [0, 0.05) is 45.8 Å². The van der Waals surface area contributed by atoms with E-state index in [1.807, 2.05) is 6.20 Å². The highest BCUT2D eigenvalue weighted by Gasteiger charge is 2.57. The van der Waals surface area contributed by atoms with Crippen molar-refractivity contribution in [3.8, 4) is 11.5 Å². The lowest BCUT2D eigenvalue weighted by molar-refractivity contribution is 0.417. The summed E-state index contributed by atoms with van der Waals surface area (Å²) in [5.74, 6) is 1.69. The number of para-hydroxylation sites is 3. The van der Waals surface area contributed by atoms with Crippen LogP contribution in [0.4, 0.5) is 11.4 Å². The Bertz CT molecular complexity index is 2710. The predicted molar refractivity (Wildman–Crippen MR) is 214 cm³/mol. The molecule has 0 fully saturated rings. The Morgan fingerprint density at radius 2 is 1.04 bits per heavy atom. The van der Waals surface area contributed by atoms with Crippen LogP contribution in [0.15, 0.2) is 170 Å². The zero-order valence-corrected chi connectivity index (χ0v) is 29.7. The second kappa shape index (κ2) is 11.0. The van der Waals surface area contributed by atoms with Crippen LogP contribution >= 0.6 is 0 Å². The van der Waals surface area contributed by atoms with Gasteiger partial charge >= 0.3 is 0 Å². The fourth-order valence-corrected chi connectivity index (χ4v) is 9.99. The van der Waals surface area contributed by atoms with E-state index in [1.165, 1.54) is 50.2 Å². The number of nitrogens with zero attached hydrogens (tertiary/aromatic N) is 2.